The topological polar surface area (TPSA) is 344 Å². The predicted octanol–water partition coefficient (Wildman–Crippen LogP) is -0.265. The second kappa shape index (κ2) is 27.8. The van der Waals surface area contributed by atoms with Crippen LogP contribution in [0.25, 0.3) is 0 Å². The van der Waals surface area contributed by atoms with Crippen LogP contribution in [0.4, 0.5) is 13.2 Å². The van der Waals surface area contributed by atoms with Gasteiger partial charge in [0.15, 0.2) is 0 Å². The maximum absolute atomic E-state index is 13.9. The smallest absolute Gasteiger partial charge is 0.490 e. The largest absolute Gasteiger partial charge is 0.508 e. The Morgan fingerprint density at radius 3 is 1.52 bits per heavy atom. The van der Waals surface area contributed by atoms with Crippen LogP contribution in [0.1, 0.15) is 92.6 Å². The van der Waals surface area contributed by atoms with Crippen LogP contribution in [0.15, 0.2) is 24.3 Å². The molecule has 0 aliphatic heterocycles. The van der Waals surface area contributed by atoms with Crippen molar-refractivity contribution in [3.63, 3.8) is 0 Å². The molecule has 1 rings (SSSR count). The summed E-state index contributed by atoms with van der Waals surface area (Å²) in [6.45, 7) is 11.9. The van der Waals surface area contributed by atoms with Crippen LogP contribution in [0, 0.1) is 17.8 Å². The molecule has 0 aliphatic carbocycles. The molecule has 8 amide bonds. The Kier molecular flexibility index (Phi) is 25.2. The normalized spacial score (nSPS) is 14.5. The number of carbonyl (C=O) groups is 9. The quantitative estimate of drug-likeness (QED) is 0.0566. The summed E-state index contributed by atoms with van der Waals surface area (Å²) in [5.41, 5.74) is 17.0. The lowest BCUT2D eigenvalue weighted by Crippen LogP contribution is -2.62. The van der Waals surface area contributed by atoms with Gasteiger partial charge in [0.1, 0.15) is 42.0 Å². The Labute approximate surface area is 364 Å². The number of halogens is 3. The second-order valence-corrected chi connectivity index (χ2v) is 15.6. The highest BCUT2D eigenvalue weighted by Gasteiger charge is 2.38. The van der Waals surface area contributed by atoms with Crippen LogP contribution >= 0.6 is 0 Å². The number of nitrogens with two attached hydrogens (primary N) is 3. The van der Waals surface area contributed by atoms with Crippen molar-refractivity contribution in [1.29, 1.82) is 0 Å². The van der Waals surface area contributed by atoms with E-state index in [4.69, 9.17) is 27.1 Å². The first kappa shape index (κ1) is 57.0. The molecule has 1 aromatic carbocycles. The number of carboxylic acids is 1. The lowest BCUT2D eigenvalue weighted by molar-refractivity contribution is -0.192. The number of rotatable bonds is 25. The van der Waals surface area contributed by atoms with Crippen LogP contribution in [-0.2, 0) is 49.6 Å². The Balaban J connectivity index is 0.00000503. The maximum atomic E-state index is 13.9. The number of aliphatic carboxylic acids is 1. The number of carboxylic acid groups (broad SMARTS) is 1. The van der Waals surface area contributed by atoms with E-state index in [2.05, 4.69) is 31.9 Å². The second-order valence-electron chi connectivity index (χ2n) is 15.6. The van der Waals surface area contributed by atoms with Gasteiger partial charge in [0.2, 0.25) is 47.3 Å². The molecule has 20 nitrogen and oxygen atoms in total. The summed E-state index contributed by atoms with van der Waals surface area (Å²) in [4.78, 5) is 113. The molecule has 0 fully saturated rings. The molecule has 0 unspecified atom stereocenters. The van der Waals surface area contributed by atoms with E-state index < -0.39 is 107 Å². The van der Waals surface area contributed by atoms with E-state index in [-0.39, 0.29) is 37.4 Å². The molecule has 63 heavy (non-hydrogen) atoms. The zero-order valence-electron chi connectivity index (χ0n) is 36.6. The van der Waals surface area contributed by atoms with Gasteiger partial charge in [-0.25, -0.2) is 4.79 Å². The summed E-state index contributed by atoms with van der Waals surface area (Å²) >= 11 is 0. The molecule has 0 radical (unpaired) electrons. The van der Waals surface area contributed by atoms with E-state index >= 15 is 0 Å². The van der Waals surface area contributed by atoms with Crippen molar-refractivity contribution in [2.75, 3.05) is 6.54 Å². The highest BCUT2D eigenvalue weighted by molar-refractivity contribution is 5.97. The number of unbranched alkanes of at least 4 members (excludes halogenated alkanes) is 1. The molecule has 0 bridgehead atoms. The SMILES string of the molecule is CC[C@H](C)[C@H](NC(=O)[C@H](CCC(N)=O)NC(=O)[C@@H](NC(C)=O)C(C)C)C(=O)N[C@H](C(=O)N[C@@H](Cc1ccc(O)cc1)C(=O)N[C@@H](CCCCN)C(N)=O)C(C)C.O=C(O)C(F)(F)F. The van der Waals surface area contributed by atoms with E-state index in [9.17, 15) is 56.6 Å². The monoisotopic (exact) mass is 903 g/mol. The van der Waals surface area contributed by atoms with E-state index in [1.54, 1.807) is 53.7 Å². The van der Waals surface area contributed by atoms with Gasteiger partial charge in [-0.15, -0.1) is 0 Å². The van der Waals surface area contributed by atoms with Gasteiger partial charge in [-0.2, -0.15) is 13.2 Å². The molecule has 0 aromatic heterocycles. The molecule has 0 saturated heterocycles. The number of phenols is 1. The summed E-state index contributed by atoms with van der Waals surface area (Å²) in [6.07, 6.45) is -3.84. The van der Waals surface area contributed by atoms with Gasteiger partial charge in [-0.05, 0) is 67.7 Å². The minimum Gasteiger partial charge on any atom is -0.508 e. The van der Waals surface area contributed by atoms with Crippen molar-refractivity contribution in [2.45, 2.75) is 136 Å². The first-order valence-corrected chi connectivity index (χ1v) is 20.3. The molecular formula is C40H64F3N9O11. The molecule has 0 aliphatic rings. The fraction of sp³-hybridized carbons (Fsp3) is 0.625. The minimum atomic E-state index is -5.08. The fourth-order valence-electron chi connectivity index (χ4n) is 5.69. The van der Waals surface area contributed by atoms with Crippen LogP contribution in [0.3, 0.4) is 0 Å². The van der Waals surface area contributed by atoms with E-state index in [1.807, 2.05) is 0 Å². The Morgan fingerprint density at radius 1 is 0.651 bits per heavy atom. The summed E-state index contributed by atoms with van der Waals surface area (Å²) in [6, 6.07) is -1.04. The van der Waals surface area contributed by atoms with E-state index in [0.29, 0.717) is 31.4 Å². The number of hydrogen-bond acceptors (Lipinski definition) is 11. The van der Waals surface area contributed by atoms with Crippen molar-refractivity contribution in [2.24, 2.45) is 35.0 Å². The number of carbonyl (C=O) groups excluding carboxylic acids is 8. The van der Waals surface area contributed by atoms with Crippen LogP contribution < -0.4 is 49.1 Å². The van der Waals surface area contributed by atoms with Crippen molar-refractivity contribution in [3.8, 4) is 5.75 Å². The lowest BCUT2D eigenvalue weighted by Gasteiger charge is -2.31. The van der Waals surface area contributed by atoms with Crippen LogP contribution in [0.2, 0.25) is 0 Å². The molecule has 7 atom stereocenters. The molecule has 1 aromatic rings. The van der Waals surface area contributed by atoms with Crippen molar-refractivity contribution >= 4 is 53.2 Å². The fourth-order valence-corrected chi connectivity index (χ4v) is 5.69. The molecule has 0 heterocycles. The third kappa shape index (κ3) is 22.1. The zero-order chi connectivity index (χ0) is 48.8. The van der Waals surface area contributed by atoms with Crippen LogP contribution in [-0.4, -0.2) is 112 Å². The summed E-state index contributed by atoms with van der Waals surface area (Å²) in [5.74, 6) is -9.72. The van der Waals surface area contributed by atoms with Crippen molar-refractivity contribution in [3.05, 3.63) is 29.8 Å². The maximum Gasteiger partial charge on any atom is 0.490 e. The average Bonchev–Trinajstić information content (AvgIpc) is 3.18. The standard InChI is InChI=1S/C38H63N9O9.C2HF3O2/c1-8-22(6)32(47-34(52)27(16-17-29(40)50)44-36(54)30(20(2)3)42-23(7)48)38(56)46-31(21(4)5)37(55)45-28(19-24-12-14-25(49)15-13-24)35(53)43-26(33(41)51)11-9-10-18-39;3-2(4,5)1(6)7/h12-15,20-22,26-28,30-32,49H,8-11,16-19,39H2,1-7H3,(H2,40,50)(H2,41,51)(H,42,48)(H,43,53)(H,44,54)(H,45,55)(H,46,56)(H,47,52);(H,6,7)/t22-,26-,27-,28-,30-,31-,32-;/m0./s1. The van der Waals surface area contributed by atoms with Gasteiger partial charge in [0.05, 0.1) is 0 Å². The van der Waals surface area contributed by atoms with E-state index in [0.717, 1.165) is 0 Å². The lowest BCUT2D eigenvalue weighted by atomic mass is 9.95. The molecular weight excluding hydrogens is 839 g/mol. The number of hydrogen-bond donors (Lipinski definition) is 11. The molecule has 23 heteroatoms. The number of amides is 8. The summed E-state index contributed by atoms with van der Waals surface area (Å²) < 4.78 is 31.7. The highest BCUT2D eigenvalue weighted by atomic mass is 19.4. The third-order valence-corrected chi connectivity index (χ3v) is 9.52. The van der Waals surface area contributed by atoms with Gasteiger partial charge in [0.25, 0.3) is 0 Å². The number of primary amides is 2. The molecule has 0 spiro atoms. The first-order chi connectivity index (χ1) is 29.2. The highest BCUT2D eigenvalue weighted by Crippen LogP contribution is 2.16. The number of aromatic hydroxyl groups is 1. The zero-order valence-corrected chi connectivity index (χ0v) is 36.6. The minimum absolute atomic E-state index is 0.00988. The Morgan fingerprint density at radius 2 is 1.10 bits per heavy atom. The van der Waals surface area contributed by atoms with Gasteiger partial charge in [-0.1, -0.05) is 60.1 Å². The van der Waals surface area contributed by atoms with Gasteiger partial charge < -0.3 is 59.3 Å². The molecule has 14 N–H and O–H groups in total. The predicted molar refractivity (Wildman–Crippen MR) is 222 cm³/mol. The number of alkyl halides is 3. The van der Waals surface area contributed by atoms with Gasteiger partial charge in [-0.3, -0.25) is 38.4 Å². The first-order valence-electron chi connectivity index (χ1n) is 20.3. The molecule has 356 valence electrons. The Bertz CT molecular complexity index is 1710. The summed E-state index contributed by atoms with van der Waals surface area (Å²) in [5, 5.41) is 32.7. The van der Waals surface area contributed by atoms with E-state index in [1.165, 1.54) is 19.1 Å². The van der Waals surface area contributed by atoms with Gasteiger partial charge in [0, 0.05) is 19.8 Å². The van der Waals surface area contributed by atoms with Crippen molar-refractivity contribution in [1.82, 2.24) is 31.9 Å². The van der Waals surface area contributed by atoms with Crippen LogP contribution in [0.5, 0.6) is 5.75 Å². The Hall–Kier alpha value is -6.00. The average molecular weight is 904 g/mol. The van der Waals surface area contributed by atoms with Gasteiger partial charge >= 0.3 is 12.1 Å². The molecule has 0 saturated carbocycles. The summed E-state index contributed by atoms with van der Waals surface area (Å²) in [7, 11) is 0. The number of phenolic OH excluding ortho intramolecular Hbond substituents is 1. The number of nitrogens with one attached hydrogen (secondary N) is 6. The number of benzene rings is 1. The van der Waals surface area contributed by atoms with Crippen molar-refractivity contribution < 1.29 is 66.5 Å². The third-order valence-electron chi connectivity index (χ3n) is 9.52.